The Morgan fingerprint density at radius 3 is 0.776 bits per heavy atom. The molecule has 0 aliphatic heterocycles. The third kappa shape index (κ3) is 53.6. The lowest BCUT2D eigenvalue weighted by Gasteiger charge is -2.18. The summed E-state index contributed by atoms with van der Waals surface area (Å²) in [5, 5.41) is 0. The van der Waals surface area contributed by atoms with Crippen molar-refractivity contribution in [1.29, 1.82) is 0 Å². The van der Waals surface area contributed by atoms with Crippen molar-refractivity contribution in [3.63, 3.8) is 0 Å². The van der Waals surface area contributed by atoms with Crippen LogP contribution >= 0.6 is 0 Å². The summed E-state index contributed by atoms with van der Waals surface area (Å²) in [5.74, 6) is 1.72. The summed E-state index contributed by atoms with van der Waals surface area (Å²) in [4.78, 5) is 38.2. The van der Waals surface area contributed by atoms with E-state index in [9.17, 15) is 14.4 Å². The SMILES string of the molecule is CCC(C)CCCCCCCCCCCCCCCCC(=O)OC[C@@H](COC(=O)CCCCCCCCCCCCCCCCC(C)C)OC(=O)CCCCCCCCCCCCCC(C)C. The van der Waals surface area contributed by atoms with Gasteiger partial charge in [-0.3, -0.25) is 14.4 Å². The highest BCUT2D eigenvalue weighted by Crippen LogP contribution is 2.19. The molecule has 398 valence electrons. The third-order valence-electron chi connectivity index (χ3n) is 14.3. The number of hydrogen-bond acceptors (Lipinski definition) is 6. The molecule has 0 aromatic rings. The van der Waals surface area contributed by atoms with Gasteiger partial charge in [-0.05, 0) is 37.0 Å². The topological polar surface area (TPSA) is 78.9 Å². The fourth-order valence-corrected chi connectivity index (χ4v) is 9.32. The van der Waals surface area contributed by atoms with Crippen molar-refractivity contribution >= 4 is 17.9 Å². The van der Waals surface area contributed by atoms with Crippen LogP contribution in [0.25, 0.3) is 0 Å². The van der Waals surface area contributed by atoms with Crippen LogP contribution in [0.5, 0.6) is 0 Å². The van der Waals surface area contributed by atoms with Gasteiger partial charge in [0.2, 0.25) is 0 Å². The molecule has 6 nitrogen and oxygen atoms in total. The number of carbonyl (C=O) groups is 3. The van der Waals surface area contributed by atoms with Gasteiger partial charge in [0.25, 0.3) is 0 Å². The van der Waals surface area contributed by atoms with E-state index >= 15 is 0 Å². The standard InChI is InChI=1S/C61H118O6/c1-7-57(6)49-43-37-31-25-19-13-9-11-15-21-27-33-39-45-51-60(63)66-54-58(67-61(64)52-46-40-34-28-22-16-18-24-30-36-42-48-56(4)5)53-65-59(62)50-44-38-32-26-20-14-10-8-12-17-23-29-35-41-47-55(2)3/h55-58H,7-54H2,1-6H3/t57?,58-/m1/s1. The molecule has 0 saturated carbocycles. The first kappa shape index (κ1) is 65.4. The largest absolute Gasteiger partial charge is 0.462 e. The first-order chi connectivity index (χ1) is 32.6. The summed E-state index contributed by atoms with van der Waals surface area (Å²) in [5.41, 5.74) is 0. The Kier molecular flexibility index (Phi) is 51.0. The molecule has 0 bridgehead atoms. The molecule has 2 atom stereocenters. The molecule has 0 spiro atoms. The molecule has 6 heteroatoms. The molecule has 0 N–H and O–H groups in total. The zero-order valence-electron chi connectivity index (χ0n) is 46.2. The van der Waals surface area contributed by atoms with Crippen LogP contribution in [-0.4, -0.2) is 37.2 Å². The number of ether oxygens (including phenoxy) is 3. The summed E-state index contributed by atoms with van der Waals surface area (Å²) >= 11 is 0. The number of esters is 3. The first-order valence-corrected chi connectivity index (χ1v) is 30.1. The summed E-state index contributed by atoms with van der Waals surface area (Å²) < 4.78 is 16.9. The lowest BCUT2D eigenvalue weighted by atomic mass is 9.99. The summed E-state index contributed by atoms with van der Waals surface area (Å²) in [6.07, 6.45) is 55.2. The van der Waals surface area contributed by atoms with E-state index in [1.807, 2.05) is 0 Å². The van der Waals surface area contributed by atoms with Crippen LogP contribution in [-0.2, 0) is 28.6 Å². The Balaban J connectivity index is 4.29. The summed E-state index contributed by atoms with van der Waals surface area (Å²) in [7, 11) is 0. The molecule has 0 saturated heterocycles. The van der Waals surface area contributed by atoms with E-state index in [0.29, 0.717) is 19.3 Å². The third-order valence-corrected chi connectivity index (χ3v) is 14.3. The molecule has 0 radical (unpaired) electrons. The van der Waals surface area contributed by atoms with Crippen molar-refractivity contribution in [1.82, 2.24) is 0 Å². The van der Waals surface area contributed by atoms with Crippen molar-refractivity contribution < 1.29 is 28.6 Å². The van der Waals surface area contributed by atoms with Gasteiger partial charge >= 0.3 is 17.9 Å². The van der Waals surface area contributed by atoms with E-state index in [0.717, 1.165) is 75.5 Å². The fourth-order valence-electron chi connectivity index (χ4n) is 9.32. The predicted octanol–water partition coefficient (Wildman–Crippen LogP) is 19.9. The highest BCUT2D eigenvalue weighted by Gasteiger charge is 2.19. The van der Waals surface area contributed by atoms with Gasteiger partial charge in [0.15, 0.2) is 6.10 Å². The van der Waals surface area contributed by atoms with Gasteiger partial charge in [-0.2, -0.15) is 0 Å². The molecule has 0 amide bonds. The van der Waals surface area contributed by atoms with Gasteiger partial charge in [0, 0.05) is 19.3 Å². The van der Waals surface area contributed by atoms with Gasteiger partial charge in [0.05, 0.1) is 0 Å². The van der Waals surface area contributed by atoms with Gasteiger partial charge < -0.3 is 14.2 Å². The van der Waals surface area contributed by atoms with E-state index in [1.54, 1.807) is 0 Å². The lowest BCUT2D eigenvalue weighted by molar-refractivity contribution is -0.167. The second kappa shape index (κ2) is 52.2. The van der Waals surface area contributed by atoms with Crippen molar-refractivity contribution in [2.24, 2.45) is 17.8 Å². The molecular formula is C61H118O6. The van der Waals surface area contributed by atoms with E-state index in [1.165, 1.54) is 218 Å². The minimum Gasteiger partial charge on any atom is -0.462 e. The van der Waals surface area contributed by atoms with Crippen LogP contribution in [0, 0.1) is 17.8 Å². The molecule has 67 heavy (non-hydrogen) atoms. The maximum absolute atomic E-state index is 12.9. The Labute approximate surface area is 418 Å². The maximum atomic E-state index is 12.9. The minimum atomic E-state index is -0.764. The van der Waals surface area contributed by atoms with E-state index in [-0.39, 0.29) is 31.1 Å². The normalized spacial score (nSPS) is 12.5. The molecule has 0 heterocycles. The highest BCUT2D eigenvalue weighted by atomic mass is 16.6. The Bertz CT molecular complexity index is 1040. The monoisotopic (exact) mass is 947 g/mol. The van der Waals surface area contributed by atoms with Crippen LogP contribution in [0.2, 0.25) is 0 Å². The Hall–Kier alpha value is -1.59. The average molecular weight is 948 g/mol. The zero-order chi connectivity index (χ0) is 49.1. The van der Waals surface area contributed by atoms with E-state index in [2.05, 4.69) is 41.5 Å². The summed E-state index contributed by atoms with van der Waals surface area (Å²) in [6.45, 7) is 13.8. The van der Waals surface area contributed by atoms with Crippen molar-refractivity contribution in [3.8, 4) is 0 Å². The highest BCUT2D eigenvalue weighted by molar-refractivity contribution is 5.71. The number of carbonyl (C=O) groups excluding carboxylic acids is 3. The first-order valence-electron chi connectivity index (χ1n) is 30.1. The number of unbranched alkanes of at least 4 members (excludes halogenated alkanes) is 36. The van der Waals surface area contributed by atoms with Crippen LogP contribution < -0.4 is 0 Å². The molecule has 0 aliphatic carbocycles. The molecule has 0 aromatic carbocycles. The molecular weight excluding hydrogens is 829 g/mol. The van der Waals surface area contributed by atoms with Gasteiger partial charge in [-0.1, -0.05) is 298 Å². The van der Waals surface area contributed by atoms with Crippen LogP contribution in [0.3, 0.4) is 0 Å². The number of rotatable bonds is 54. The van der Waals surface area contributed by atoms with Crippen LogP contribution in [0.4, 0.5) is 0 Å². The van der Waals surface area contributed by atoms with Gasteiger partial charge in [0.1, 0.15) is 13.2 Å². The second-order valence-corrected chi connectivity index (χ2v) is 22.2. The Morgan fingerprint density at radius 2 is 0.522 bits per heavy atom. The van der Waals surface area contributed by atoms with Crippen LogP contribution in [0.15, 0.2) is 0 Å². The second-order valence-electron chi connectivity index (χ2n) is 22.2. The van der Waals surface area contributed by atoms with E-state index in [4.69, 9.17) is 14.2 Å². The number of hydrogen-bond donors (Lipinski definition) is 0. The van der Waals surface area contributed by atoms with Gasteiger partial charge in [-0.25, -0.2) is 0 Å². The lowest BCUT2D eigenvalue weighted by Crippen LogP contribution is -2.30. The van der Waals surface area contributed by atoms with Crippen molar-refractivity contribution in [3.05, 3.63) is 0 Å². The van der Waals surface area contributed by atoms with Crippen LogP contribution in [0.1, 0.15) is 337 Å². The molecule has 0 fully saturated rings. The molecule has 0 rings (SSSR count). The smallest absolute Gasteiger partial charge is 0.306 e. The average Bonchev–Trinajstić information content (AvgIpc) is 3.30. The van der Waals surface area contributed by atoms with Crippen molar-refractivity contribution in [2.75, 3.05) is 13.2 Å². The fraction of sp³-hybridized carbons (Fsp3) is 0.951. The van der Waals surface area contributed by atoms with Crippen molar-refractivity contribution in [2.45, 2.75) is 343 Å². The summed E-state index contributed by atoms with van der Waals surface area (Å²) in [6, 6.07) is 0. The van der Waals surface area contributed by atoms with Gasteiger partial charge in [-0.15, -0.1) is 0 Å². The minimum absolute atomic E-state index is 0.0632. The zero-order valence-corrected chi connectivity index (χ0v) is 46.2. The predicted molar refractivity (Wildman–Crippen MR) is 289 cm³/mol. The molecule has 0 aliphatic rings. The maximum Gasteiger partial charge on any atom is 0.306 e. The Morgan fingerprint density at radius 1 is 0.299 bits per heavy atom. The molecule has 0 aromatic heterocycles. The molecule has 1 unspecified atom stereocenters. The van der Waals surface area contributed by atoms with E-state index < -0.39 is 6.10 Å². The quantitative estimate of drug-likeness (QED) is 0.0343.